The Kier molecular flexibility index (Phi) is 6.32. The minimum atomic E-state index is -0.566. The van der Waals surface area contributed by atoms with Crippen molar-refractivity contribution >= 4 is 69.2 Å². The second kappa shape index (κ2) is 9.18. The predicted octanol–water partition coefficient (Wildman–Crippen LogP) is 5.70. The molecule has 11 heteroatoms. The molecule has 0 spiro atoms. The number of non-ortho nitro benzene ring substituents is 1. The molecule has 2 heterocycles. The van der Waals surface area contributed by atoms with E-state index in [1.165, 1.54) is 36.3 Å². The Morgan fingerprint density at radius 3 is 2.61 bits per heavy atom. The van der Waals surface area contributed by atoms with Gasteiger partial charge in [-0.3, -0.25) is 19.8 Å². The zero-order valence-electron chi connectivity index (χ0n) is 16.8. The van der Waals surface area contributed by atoms with Gasteiger partial charge in [0, 0.05) is 23.8 Å². The van der Waals surface area contributed by atoms with Crippen LogP contribution in [0.25, 0.3) is 17.4 Å². The largest absolute Gasteiger partial charge is 0.465 e. The topological polar surface area (TPSA) is 103 Å². The number of amides is 1. The average Bonchev–Trinajstić information content (AvgIpc) is 3.38. The fourth-order valence-electron chi connectivity index (χ4n) is 3.07. The number of benzene rings is 2. The molecule has 0 unspecified atom stereocenters. The first-order valence-electron chi connectivity index (χ1n) is 9.29. The molecule has 33 heavy (non-hydrogen) atoms. The summed E-state index contributed by atoms with van der Waals surface area (Å²) < 4.78 is 10.9. The van der Waals surface area contributed by atoms with E-state index in [-0.39, 0.29) is 22.2 Å². The van der Waals surface area contributed by atoms with Crippen LogP contribution < -0.4 is 4.90 Å². The summed E-state index contributed by atoms with van der Waals surface area (Å²) in [6, 6.07) is 13.8. The van der Waals surface area contributed by atoms with Crippen molar-refractivity contribution in [3.8, 4) is 11.3 Å². The Bertz CT molecular complexity index is 1330. The molecule has 1 amide bonds. The minimum absolute atomic E-state index is 0.0830. The quantitative estimate of drug-likeness (QED) is 0.144. The Balaban J connectivity index is 1.58. The second-order valence-electron chi connectivity index (χ2n) is 6.68. The summed E-state index contributed by atoms with van der Waals surface area (Å²) in [5, 5.41) is 11.1. The zero-order chi connectivity index (χ0) is 23.7. The molecule has 8 nitrogen and oxygen atoms in total. The molecule has 1 aliphatic rings. The van der Waals surface area contributed by atoms with E-state index >= 15 is 0 Å². The maximum absolute atomic E-state index is 12.9. The summed E-state index contributed by atoms with van der Waals surface area (Å²) in [6.07, 6.45) is 1.56. The number of esters is 1. The van der Waals surface area contributed by atoms with Gasteiger partial charge in [0.25, 0.3) is 11.6 Å². The number of anilines is 1. The number of thioether (sulfide) groups is 1. The highest BCUT2D eigenvalue weighted by Gasteiger charge is 2.33. The fraction of sp³-hybridized carbons (Fsp3) is 0.0455. The van der Waals surface area contributed by atoms with Crippen LogP contribution >= 0.6 is 35.6 Å². The Morgan fingerprint density at radius 2 is 1.94 bits per heavy atom. The number of hydrogen-bond acceptors (Lipinski definition) is 8. The van der Waals surface area contributed by atoms with Crippen LogP contribution in [0.3, 0.4) is 0 Å². The van der Waals surface area contributed by atoms with Gasteiger partial charge in [0.15, 0.2) is 4.32 Å². The lowest BCUT2D eigenvalue weighted by Gasteiger charge is -2.13. The zero-order valence-corrected chi connectivity index (χ0v) is 19.2. The fourth-order valence-corrected chi connectivity index (χ4v) is 4.55. The van der Waals surface area contributed by atoms with Gasteiger partial charge in [-0.1, -0.05) is 35.6 Å². The smallest absolute Gasteiger partial charge is 0.339 e. The Labute approximate surface area is 201 Å². The van der Waals surface area contributed by atoms with E-state index in [9.17, 15) is 19.7 Å². The maximum Gasteiger partial charge on any atom is 0.339 e. The molecule has 1 aliphatic heterocycles. The van der Waals surface area contributed by atoms with Gasteiger partial charge in [-0.2, -0.15) is 0 Å². The van der Waals surface area contributed by atoms with Crippen molar-refractivity contribution < 1.29 is 23.7 Å². The molecule has 1 fully saturated rings. The van der Waals surface area contributed by atoms with Crippen molar-refractivity contribution in [2.45, 2.75) is 0 Å². The highest BCUT2D eigenvalue weighted by molar-refractivity contribution is 8.27. The monoisotopic (exact) mass is 500 g/mol. The number of furan rings is 1. The number of carbonyl (C=O) groups is 2. The van der Waals surface area contributed by atoms with Gasteiger partial charge in [-0.15, -0.1) is 0 Å². The molecular formula is C22H13ClN2O6S2. The summed E-state index contributed by atoms with van der Waals surface area (Å²) in [4.78, 5) is 36.8. The molecule has 0 radical (unpaired) electrons. The van der Waals surface area contributed by atoms with E-state index in [1.807, 2.05) is 0 Å². The number of hydrogen-bond donors (Lipinski definition) is 0. The third-order valence-corrected chi connectivity index (χ3v) is 6.30. The molecule has 1 aromatic heterocycles. The Morgan fingerprint density at radius 1 is 1.21 bits per heavy atom. The first-order chi connectivity index (χ1) is 15.8. The van der Waals surface area contributed by atoms with Crippen LogP contribution in [0.5, 0.6) is 0 Å². The van der Waals surface area contributed by atoms with Crippen molar-refractivity contribution in [1.82, 2.24) is 0 Å². The first kappa shape index (κ1) is 22.7. The van der Waals surface area contributed by atoms with Crippen LogP contribution in [0.4, 0.5) is 11.4 Å². The van der Waals surface area contributed by atoms with E-state index in [0.717, 1.165) is 11.8 Å². The van der Waals surface area contributed by atoms with Crippen LogP contribution in [0.2, 0.25) is 5.02 Å². The number of nitro benzene ring substituents is 1. The van der Waals surface area contributed by atoms with E-state index in [0.29, 0.717) is 32.0 Å². The summed E-state index contributed by atoms with van der Waals surface area (Å²) in [6.45, 7) is 0. The third-order valence-electron chi connectivity index (χ3n) is 4.67. The Hall–Kier alpha value is -3.47. The van der Waals surface area contributed by atoms with Gasteiger partial charge in [0.2, 0.25) is 0 Å². The van der Waals surface area contributed by atoms with Gasteiger partial charge >= 0.3 is 5.97 Å². The molecular weight excluding hydrogens is 488 g/mol. The number of thiocarbonyl (C=S) groups is 1. The summed E-state index contributed by atoms with van der Waals surface area (Å²) in [5.74, 6) is -0.0579. The SMILES string of the molecule is COC(=O)c1cc(-c2ccc(/C=C3\SC(=S)N(c4ccc([N+](=O)[O-])cc4)C3=O)o2)ccc1Cl. The lowest BCUT2D eigenvalue weighted by molar-refractivity contribution is -0.384. The molecule has 0 bridgehead atoms. The van der Waals surface area contributed by atoms with E-state index in [4.69, 9.17) is 33.0 Å². The van der Waals surface area contributed by atoms with E-state index < -0.39 is 10.9 Å². The standard InChI is InChI=1S/C22H13ClN2O6S2/c1-30-21(27)16-10-12(2-8-17(16)23)18-9-7-15(31-18)11-19-20(26)24(22(32)33-19)13-3-5-14(6-4-13)25(28)29/h2-11H,1H3/b19-11-. The molecule has 4 rings (SSSR count). The molecule has 166 valence electrons. The lowest BCUT2D eigenvalue weighted by Crippen LogP contribution is -2.27. The number of nitro groups is 1. The molecule has 3 aromatic rings. The number of rotatable bonds is 5. The molecule has 0 atom stereocenters. The summed E-state index contributed by atoms with van der Waals surface area (Å²) in [7, 11) is 1.27. The maximum atomic E-state index is 12.9. The van der Waals surface area contributed by atoms with Gasteiger partial charge in [0.05, 0.1) is 33.2 Å². The number of halogens is 1. The normalized spacial score (nSPS) is 14.7. The van der Waals surface area contributed by atoms with Crippen LogP contribution in [-0.2, 0) is 9.53 Å². The van der Waals surface area contributed by atoms with Crippen LogP contribution in [-0.4, -0.2) is 28.2 Å². The highest BCUT2D eigenvalue weighted by Crippen LogP contribution is 2.37. The minimum Gasteiger partial charge on any atom is -0.465 e. The van der Waals surface area contributed by atoms with Gasteiger partial charge in [0.1, 0.15) is 11.5 Å². The van der Waals surface area contributed by atoms with Gasteiger partial charge < -0.3 is 9.15 Å². The highest BCUT2D eigenvalue weighted by atomic mass is 35.5. The lowest BCUT2D eigenvalue weighted by atomic mass is 10.1. The molecule has 0 saturated carbocycles. The number of methoxy groups -OCH3 is 1. The number of nitrogens with zero attached hydrogens (tertiary/aromatic N) is 2. The molecule has 2 aromatic carbocycles. The van der Waals surface area contributed by atoms with Gasteiger partial charge in [-0.05, 0) is 42.5 Å². The van der Waals surface area contributed by atoms with Crippen molar-refractivity contribution in [2.24, 2.45) is 0 Å². The van der Waals surface area contributed by atoms with Crippen LogP contribution in [0.1, 0.15) is 16.1 Å². The predicted molar refractivity (Wildman–Crippen MR) is 129 cm³/mol. The first-order valence-corrected chi connectivity index (χ1v) is 10.9. The summed E-state index contributed by atoms with van der Waals surface area (Å²) in [5.41, 5.74) is 1.17. The molecule has 1 saturated heterocycles. The third kappa shape index (κ3) is 4.54. The number of carbonyl (C=O) groups excluding carboxylic acids is 2. The van der Waals surface area contributed by atoms with Gasteiger partial charge in [-0.25, -0.2) is 4.79 Å². The average molecular weight is 501 g/mol. The molecule has 0 N–H and O–H groups in total. The van der Waals surface area contributed by atoms with Crippen LogP contribution in [0.15, 0.2) is 63.9 Å². The van der Waals surface area contributed by atoms with E-state index in [2.05, 4.69) is 0 Å². The van der Waals surface area contributed by atoms with E-state index in [1.54, 1.807) is 36.4 Å². The number of ether oxygens (including phenoxy) is 1. The van der Waals surface area contributed by atoms with Crippen LogP contribution in [0, 0.1) is 10.1 Å². The van der Waals surface area contributed by atoms with Crippen molar-refractivity contribution in [3.05, 3.63) is 86.0 Å². The molecule has 0 aliphatic carbocycles. The van der Waals surface area contributed by atoms with Crippen molar-refractivity contribution in [2.75, 3.05) is 12.0 Å². The van der Waals surface area contributed by atoms with Crippen molar-refractivity contribution in [1.29, 1.82) is 0 Å². The summed E-state index contributed by atoms with van der Waals surface area (Å²) >= 11 is 12.5. The second-order valence-corrected chi connectivity index (χ2v) is 8.76. The van der Waals surface area contributed by atoms with Crippen molar-refractivity contribution in [3.63, 3.8) is 0 Å².